The van der Waals surface area contributed by atoms with E-state index in [1.165, 1.54) is 44.1 Å². The zero-order valence-electron chi connectivity index (χ0n) is 26.6. The predicted octanol–water partition coefficient (Wildman–Crippen LogP) is 7.63. The summed E-state index contributed by atoms with van der Waals surface area (Å²) in [4.78, 5) is 12.4. The number of allylic oxidation sites excluding steroid dienone is 1. The van der Waals surface area contributed by atoms with E-state index < -0.39 is 42.7 Å². The molecule has 1 heterocycles. The molecule has 0 atom stereocenters. The first-order chi connectivity index (χ1) is 21.5. The number of hydrogen-bond acceptors (Lipinski definition) is 6. The monoisotopic (exact) mass is 717 g/mol. The minimum atomic E-state index is -6.72. The molecule has 0 saturated carbocycles. The van der Waals surface area contributed by atoms with Gasteiger partial charge in [0.1, 0.15) is 0 Å². The summed E-state index contributed by atoms with van der Waals surface area (Å²) in [5.74, 6) is 0. The van der Waals surface area contributed by atoms with Crippen molar-refractivity contribution in [3.63, 3.8) is 0 Å². The second-order valence-corrected chi connectivity index (χ2v) is 14.6. The van der Waals surface area contributed by atoms with Crippen molar-refractivity contribution >= 4 is 31.7 Å². The highest BCUT2D eigenvalue weighted by atomic mass is 32.3. The summed E-state index contributed by atoms with van der Waals surface area (Å²) in [6.07, 6.45) is 12.7. The predicted molar refractivity (Wildman–Crippen MR) is 166 cm³/mol. The van der Waals surface area contributed by atoms with Crippen molar-refractivity contribution in [3.05, 3.63) is 76.2 Å². The van der Waals surface area contributed by atoms with Crippen molar-refractivity contribution in [1.29, 1.82) is 0 Å². The number of benzene rings is 1. The number of amides is 1. The quantitative estimate of drug-likeness (QED) is 0.115. The van der Waals surface area contributed by atoms with Crippen molar-refractivity contribution in [3.8, 4) is 0 Å². The maximum absolute atomic E-state index is 12.4. The van der Waals surface area contributed by atoms with Crippen LogP contribution in [-0.2, 0) is 43.3 Å². The van der Waals surface area contributed by atoms with Crippen molar-refractivity contribution in [2.24, 2.45) is 0 Å². The summed E-state index contributed by atoms with van der Waals surface area (Å²) >= 11 is 0. The van der Waals surface area contributed by atoms with Gasteiger partial charge in [0.25, 0.3) is 0 Å². The van der Waals surface area contributed by atoms with Crippen LogP contribution in [0.15, 0.2) is 55.4 Å². The van der Waals surface area contributed by atoms with E-state index in [0.29, 0.717) is 13.2 Å². The highest BCUT2D eigenvalue weighted by Gasteiger charge is 2.47. The van der Waals surface area contributed by atoms with Crippen LogP contribution >= 0.6 is 0 Å². The highest BCUT2D eigenvalue weighted by molar-refractivity contribution is 8.13. The van der Waals surface area contributed by atoms with Gasteiger partial charge in [-0.15, -0.1) is 0 Å². The molecule has 9 nitrogen and oxygen atoms in total. The lowest BCUT2D eigenvalue weighted by molar-refractivity contribution is -0.698. The van der Waals surface area contributed by atoms with Crippen LogP contribution in [0, 0.1) is 0 Å². The van der Waals surface area contributed by atoms with Crippen LogP contribution in [0.4, 0.5) is 31.1 Å². The Morgan fingerprint density at radius 1 is 0.915 bits per heavy atom. The first-order valence-corrected chi connectivity index (χ1v) is 17.5. The number of nitrogens with one attached hydrogen (secondary N) is 1. The van der Waals surface area contributed by atoms with E-state index in [0.717, 1.165) is 27.2 Å². The van der Waals surface area contributed by atoms with Crippen LogP contribution in [0.1, 0.15) is 82.9 Å². The fraction of sp³-hybridized carbons (Fsp3) is 0.533. The van der Waals surface area contributed by atoms with Gasteiger partial charge in [-0.3, -0.25) is 0 Å². The molecule has 0 bridgehead atoms. The second-order valence-electron chi connectivity index (χ2n) is 11.1. The molecule has 17 heteroatoms. The minimum Gasteiger partial charge on any atom is -0.443 e. The average Bonchev–Trinajstić information content (AvgIpc) is 2.93. The van der Waals surface area contributed by atoms with E-state index in [-0.39, 0.29) is 0 Å². The number of carbonyl (C=O) groups excluding carboxylic acids is 1. The molecule has 0 radical (unpaired) electrons. The molecule has 0 saturated heterocycles. The van der Waals surface area contributed by atoms with Gasteiger partial charge in [-0.05, 0) is 56.9 Å². The lowest BCUT2D eigenvalue weighted by atomic mass is 9.92. The maximum atomic E-state index is 12.4. The number of aryl methyl sites for hydroxylation is 1. The van der Waals surface area contributed by atoms with Gasteiger partial charge in [0, 0.05) is 11.6 Å². The number of alkyl halides is 6. The molecular weight excluding hydrogens is 676 g/mol. The molecule has 0 aliphatic rings. The van der Waals surface area contributed by atoms with Gasteiger partial charge >= 0.3 is 17.1 Å². The fourth-order valence-corrected chi connectivity index (χ4v) is 5.68. The largest absolute Gasteiger partial charge is 0.480 e. The second kappa shape index (κ2) is 17.8. The summed E-state index contributed by atoms with van der Waals surface area (Å²) < 4.78 is 117. The van der Waals surface area contributed by atoms with E-state index in [1.807, 2.05) is 45.2 Å². The van der Waals surface area contributed by atoms with Crippen LogP contribution in [0.2, 0.25) is 0 Å². The summed E-state index contributed by atoms with van der Waals surface area (Å²) in [6.45, 7) is 13.2. The molecule has 47 heavy (non-hydrogen) atoms. The third kappa shape index (κ3) is 14.6. The molecule has 1 aromatic carbocycles. The minimum absolute atomic E-state index is 0.332. The standard InChI is InChI=1S/C28H40N2O2.C2F6NO4S2/c1-6-7-8-9-10-11-14-24-15-13-18-30(22-24)19-20-32-27(31)29-28(4,5)26-17-12-16-25(21-26)23(2)3;3-1(4,5)14(10,11)9-15(12,13)2(6,7)8/h12-13,15-18,21-22H,2,6-11,14,19-20H2,1,3-5H3;/q;-1/p+1. The molecule has 2 aromatic rings. The van der Waals surface area contributed by atoms with Gasteiger partial charge in [0.15, 0.2) is 45.6 Å². The Labute approximate surface area is 272 Å². The van der Waals surface area contributed by atoms with Gasteiger partial charge in [-0.1, -0.05) is 69.4 Å². The van der Waals surface area contributed by atoms with Crippen molar-refractivity contribution in [2.75, 3.05) is 6.61 Å². The number of hydrogen-bond donors (Lipinski definition) is 1. The lowest BCUT2D eigenvalue weighted by Gasteiger charge is -2.27. The van der Waals surface area contributed by atoms with E-state index in [9.17, 15) is 48.0 Å². The Bertz CT molecular complexity index is 1500. The summed E-state index contributed by atoms with van der Waals surface area (Å²) in [6, 6.07) is 12.3. The van der Waals surface area contributed by atoms with E-state index in [2.05, 4.69) is 47.8 Å². The Balaban J connectivity index is 0.000000620. The van der Waals surface area contributed by atoms with Gasteiger partial charge < -0.3 is 14.2 Å². The Hall–Kier alpha value is -3.18. The van der Waals surface area contributed by atoms with Gasteiger partial charge in [-0.25, -0.2) is 26.2 Å². The maximum Gasteiger partial charge on any atom is 0.480 e. The molecule has 2 rings (SSSR count). The third-order valence-electron chi connectivity index (χ3n) is 6.59. The number of rotatable bonds is 15. The highest BCUT2D eigenvalue weighted by Crippen LogP contribution is 2.36. The zero-order chi connectivity index (χ0) is 36.1. The molecule has 0 fully saturated rings. The summed E-state index contributed by atoms with van der Waals surface area (Å²) in [5.41, 5.74) is -8.51. The molecule has 266 valence electrons. The van der Waals surface area contributed by atoms with Gasteiger partial charge in [0.05, 0.1) is 5.54 Å². The summed E-state index contributed by atoms with van der Waals surface area (Å²) in [7, 11) is -13.4. The van der Waals surface area contributed by atoms with E-state index in [4.69, 9.17) is 4.74 Å². The number of carbonyl (C=O) groups is 1. The number of halogens is 6. The van der Waals surface area contributed by atoms with Crippen LogP contribution < -0.4 is 9.88 Å². The Kier molecular flexibility index (Phi) is 15.9. The molecule has 0 aliphatic carbocycles. The summed E-state index contributed by atoms with van der Waals surface area (Å²) in [5, 5.41) is 2.99. The average molecular weight is 718 g/mol. The van der Waals surface area contributed by atoms with Crippen LogP contribution in [0.25, 0.3) is 9.70 Å². The number of sulfonamides is 2. The van der Waals surface area contributed by atoms with Gasteiger partial charge in [-0.2, -0.15) is 26.3 Å². The van der Waals surface area contributed by atoms with Crippen molar-refractivity contribution in [1.82, 2.24) is 5.32 Å². The number of alkyl carbamates (subject to hydrolysis) is 1. The van der Waals surface area contributed by atoms with Crippen LogP contribution in [-0.4, -0.2) is 40.6 Å². The smallest absolute Gasteiger partial charge is 0.443 e. The number of unbranched alkanes of at least 4 members (excludes halogenated alkanes) is 5. The molecule has 0 aliphatic heterocycles. The van der Waals surface area contributed by atoms with E-state index >= 15 is 0 Å². The van der Waals surface area contributed by atoms with Crippen LogP contribution in [0.3, 0.4) is 0 Å². The topological polar surface area (TPSA) is 125 Å². The third-order valence-corrected chi connectivity index (χ3v) is 9.33. The molecule has 0 unspecified atom stereocenters. The molecule has 1 amide bonds. The van der Waals surface area contributed by atoms with Gasteiger partial charge in [0.2, 0.25) is 0 Å². The van der Waals surface area contributed by atoms with Crippen molar-refractivity contribution in [2.45, 2.75) is 95.7 Å². The van der Waals surface area contributed by atoms with E-state index in [1.54, 1.807) is 0 Å². The Morgan fingerprint density at radius 2 is 1.49 bits per heavy atom. The number of pyridine rings is 1. The molecular formula is C30H41F6N3O6S2. The number of ether oxygens (including phenoxy) is 1. The number of aromatic nitrogens is 1. The molecule has 1 aromatic heterocycles. The zero-order valence-corrected chi connectivity index (χ0v) is 28.3. The van der Waals surface area contributed by atoms with Crippen LogP contribution in [0.5, 0.6) is 0 Å². The fourth-order valence-electron chi connectivity index (χ4n) is 3.97. The molecule has 1 N–H and O–H groups in total. The normalized spacial score (nSPS) is 12.6. The SMILES string of the molecule is C=C(C)c1cccc(C(C)(C)NC(=O)OCC[n+]2cccc(CCCCCCCC)c2)c1.O=S(=O)([N-]S(=O)(=O)C(F)(F)F)C(F)(F)F. The lowest BCUT2D eigenvalue weighted by Crippen LogP contribution is -2.43. The molecule has 0 spiro atoms. The van der Waals surface area contributed by atoms with Crippen molar-refractivity contribution < 1.29 is 57.3 Å². The number of nitrogens with zero attached hydrogens (tertiary/aromatic N) is 2. The first-order valence-electron chi connectivity index (χ1n) is 14.6. The first kappa shape index (κ1) is 41.8. The Morgan fingerprint density at radius 3 is 2.04 bits per heavy atom.